The van der Waals surface area contributed by atoms with E-state index in [0.29, 0.717) is 13.1 Å². The molecule has 0 radical (unpaired) electrons. The Hall–Kier alpha value is -2.73. The number of nitrogens with zero attached hydrogens (tertiary/aromatic N) is 1. The Morgan fingerprint density at radius 3 is 2.32 bits per heavy atom. The Kier molecular flexibility index (Phi) is 8.14. The van der Waals surface area contributed by atoms with Crippen molar-refractivity contribution in [3.05, 3.63) is 71.5 Å². The highest BCUT2D eigenvalue weighted by molar-refractivity contribution is 5.78. The predicted molar refractivity (Wildman–Crippen MR) is 106 cm³/mol. The number of amides is 1. The molecule has 28 heavy (non-hydrogen) atoms. The quantitative estimate of drug-likeness (QED) is 0.672. The molecule has 0 fully saturated rings. The van der Waals surface area contributed by atoms with Crippen LogP contribution in [0.5, 0.6) is 0 Å². The third kappa shape index (κ3) is 6.78. The number of esters is 1. The minimum absolute atomic E-state index is 0.141. The van der Waals surface area contributed by atoms with Gasteiger partial charge in [-0.05, 0) is 30.2 Å². The first kappa shape index (κ1) is 21.6. The monoisotopic (exact) mass is 386 g/mol. The summed E-state index contributed by atoms with van der Waals surface area (Å²) in [7, 11) is 1.36. The molecule has 150 valence electrons. The number of rotatable bonds is 9. The van der Waals surface area contributed by atoms with Gasteiger partial charge in [-0.25, -0.2) is 4.39 Å². The van der Waals surface area contributed by atoms with E-state index in [-0.39, 0.29) is 36.2 Å². The molecule has 0 aromatic heterocycles. The fourth-order valence-corrected chi connectivity index (χ4v) is 3.01. The largest absolute Gasteiger partial charge is 0.469 e. The van der Waals surface area contributed by atoms with Gasteiger partial charge in [0.15, 0.2) is 0 Å². The summed E-state index contributed by atoms with van der Waals surface area (Å²) in [6, 6.07) is 15.6. The van der Waals surface area contributed by atoms with Crippen LogP contribution in [0.1, 0.15) is 31.0 Å². The second-order valence-corrected chi connectivity index (χ2v) is 6.92. The zero-order valence-electron chi connectivity index (χ0n) is 16.5. The van der Waals surface area contributed by atoms with Gasteiger partial charge in [0.05, 0.1) is 25.6 Å². The lowest BCUT2D eigenvalue weighted by Crippen LogP contribution is -2.41. The number of hydrogen-bond donors (Lipinski definition) is 1. The predicted octanol–water partition coefficient (Wildman–Crippen LogP) is 3.31. The van der Waals surface area contributed by atoms with Gasteiger partial charge in [0, 0.05) is 13.1 Å². The molecule has 0 aliphatic heterocycles. The first-order chi connectivity index (χ1) is 13.4. The van der Waals surface area contributed by atoms with Crippen LogP contribution in [-0.4, -0.2) is 37.0 Å². The van der Waals surface area contributed by atoms with Crippen LogP contribution >= 0.6 is 0 Å². The summed E-state index contributed by atoms with van der Waals surface area (Å²) in [5, 5.41) is 2.93. The van der Waals surface area contributed by atoms with Crippen LogP contribution < -0.4 is 5.32 Å². The molecule has 1 amide bonds. The van der Waals surface area contributed by atoms with Gasteiger partial charge in [-0.2, -0.15) is 0 Å². The summed E-state index contributed by atoms with van der Waals surface area (Å²) in [4.78, 5) is 26.3. The Bertz CT molecular complexity index is 765. The third-order valence-electron chi connectivity index (χ3n) is 4.50. The molecule has 2 atom stereocenters. The van der Waals surface area contributed by atoms with Crippen LogP contribution in [0.15, 0.2) is 54.6 Å². The summed E-state index contributed by atoms with van der Waals surface area (Å²) >= 11 is 0. The van der Waals surface area contributed by atoms with Crippen molar-refractivity contribution in [3.63, 3.8) is 0 Å². The average molecular weight is 386 g/mol. The smallest absolute Gasteiger partial charge is 0.309 e. The van der Waals surface area contributed by atoms with E-state index in [0.717, 1.165) is 11.1 Å². The summed E-state index contributed by atoms with van der Waals surface area (Å²) in [6.45, 7) is 4.72. The number of nitrogens with one attached hydrogen (secondary N) is 1. The second-order valence-electron chi connectivity index (χ2n) is 6.92. The van der Waals surface area contributed by atoms with E-state index in [1.54, 1.807) is 19.1 Å². The van der Waals surface area contributed by atoms with Crippen molar-refractivity contribution in [3.8, 4) is 0 Å². The number of carbonyl (C=O) groups is 2. The average Bonchev–Trinajstić information content (AvgIpc) is 2.68. The van der Waals surface area contributed by atoms with Crippen molar-refractivity contribution in [2.75, 3.05) is 20.2 Å². The number of hydrogen-bond acceptors (Lipinski definition) is 4. The van der Waals surface area contributed by atoms with E-state index >= 15 is 0 Å². The molecule has 0 aliphatic carbocycles. The van der Waals surface area contributed by atoms with Crippen molar-refractivity contribution in [2.24, 2.45) is 5.92 Å². The lowest BCUT2D eigenvalue weighted by atomic mass is 10.1. The highest BCUT2D eigenvalue weighted by atomic mass is 19.1. The van der Waals surface area contributed by atoms with Gasteiger partial charge in [-0.1, -0.05) is 49.4 Å². The molecule has 0 heterocycles. The Labute approximate surface area is 165 Å². The number of carbonyl (C=O) groups excluding carboxylic acids is 2. The second kappa shape index (κ2) is 10.6. The van der Waals surface area contributed by atoms with Crippen molar-refractivity contribution in [2.45, 2.75) is 26.4 Å². The van der Waals surface area contributed by atoms with E-state index in [1.807, 2.05) is 42.2 Å². The summed E-state index contributed by atoms with van der Waals surface area (Å²) in [5.41, 5.74) is 1.88. The van der Waals surface area contributed by atoms with Crippen molar-refractivity contribution in [1.82, 2.24) is 10.2 Å². The van der Waals surface area contributed by atoms with E-state index < -0.39 is 0 Å². The molecule has 1 N–H and O–H groups in total. The molecule has 0 spiro atoms. The van der Waals surface area contributed by atoms with Gasteiger partial charge in [0.25, 0.3) is 0 Å². The molecule has 2 aromatic carbocycles. The van der Waals surface area contributed by atoms with E-state index in [9.17, 15) is 14.0 Å². The van der Waals surface area contributed by atoms with Gasteiger partial charge >= 0.3 is 5.97 Å². The van der Waals surface area contributed by atoms with Crippen LogP contribution in [0.4, 0.5) is 4.39 Å². The maximum Gasteiger partial charge on any atom is 0.309 e. The third-order valence-corrected chi connectivity index (χ3v) is 4.50. The van der Waals surface area contributed by atoms with E-state index in [4.69, 9.17) is 4.74 Å². The summed E-state index contributed by atoms with van der Waals surface area (Å²) in [6.07, 6.45) is 0. The molecule has 0 aliphatic rings. The normalized spacial score (nSPS) is 13.0. The van der Waals surface area contributed by atoms with Crippen molar-refractivity contribution >= 4 is 11.9 Å². The Morgan fingerprint density at radius 1 is 1.07 bits per heavy atom. The highest BCUT2D eigenvalue weighted by Gasteiger charge is 2.20. The lowest BCUT2D eigenvalue weighted by Gasteiger charge is -2.25. The number of halogens is 1. The Morgan fingerprint density at radius 2 is 1.71 bits per heavy atom. The molecule has 0 saturated heterocycles. The minimum Gasteiger partial charge on any atom is -0.469 e. The molecule has 2 aromatic rings. The van der Waals surface area contributed by atoms with Gasteiger partial charge in [-0.3, -0.25) is 14.5 Å². The maximum absolute atomic E-state index is 13.1. The van der Waals surface area contributed by atoms with Crippen LogP contribution in [-0.2, 0) is 20.9 Å². The van der Waals surface area contributed by atoms with Crippen LogP contribution in [0.3, 0.4) is 0 Å². The fourth-order valence-electron chi connectivity index (χ4n) is 3.01. The molecule has 0 bridgehead atoms. The van der Waals surface area contributed by atoms with Crippen LogP contribution in [0, 0.1) is 11.7 Å². The summed E-state index contributed by atoms with van der Waals surface area (Å²) < 4.78 is 17.9. The van der Waals surface area contributed by atoms with Gasteiger partial charge < -0.3 is 10.1 Å². The van der Waals surface area contributed by atoms with Crippen LogP contribution in [0.25, 0.3) is 0 Å². The maximum atomic E-state index is 13.1. The minimum atomic E-state index is -0.351. The van der Waals surface area contributed by atoms with Gasteiger partial charge in [0.1, 0.15) is 5.82 Å². The molecule has 6 heteroatoms. The molecule has 0 saturated carbocycles. The number of ether oxygens (including phenoxy) is 1. The SMILES string of the molecule is COC(=O)C(C)CN(CC(=O)NC(C)c1ccc(F)cc1)Cc1ccccc1. The standard InChI is InChI=1S/C22H27FN2O3/c1-16(22(27)28-3)13-25(14-18-7-5-4-6-8-18)15-21(26)24-17(2)19-9-11-20(23)12-10-19/h4-12,16-17H,13-15H2,1-3H3,(H,24,26). The number of methoxy groups -OCH3 is 1. The van der Waals surface area contributed by atoms with Gasteiger partial charge in [0.2, 0.25) is 5.91 Å². The first-order valence-corrected chi connectivity index (χ1v) is 9.28. The van der Waals surface area contributed by atoms with E-state index in [2.05, 4.69) is 5.32 Å². The molecule has 5 nitrogen and oxygen atoms in total. The zero-order valence-corrected chi connectivity index (χ0v) is 16.5. The number of benzene rings is 2. The zero-order chi connectivity index (χ0) is 20.5. The molecule has 2 unspecified atom stereocenters. The lowest BCUT2D eigenvalue weighted by molar-refractivity contribution is -0.145. The van der Waals surface area contributed by atoms with Crippen molar-refractivity contribution in [1.29, 1.82) is 0 Å². The molecule has 2 rings (SSSR count). The fraction of sp³-hybridized carbons (Fsp3) is 0.364. The summed E-state index contributed by atoms with van der Waals surface area (Å²) in [5.74, 6) is -1.13. The Balaban J connectivity index is 2.01. The van der Waals surface area contributed by atoms with Crippen molar-refractivity contribution < 1.29 is 18.7 Å². The molecular weight excluding hydrogens is 359 g/mol. The molecular formula is C22H27FN2O3. The first-order valence-electron chi connectivity index (χ1n) is 9.28. The highest BCUT2D eigenvalue weighted by Crippen LogP contribution is 2.13. The topological polar surface area (TPSA) is 58.6 Å². The van der Waals surface area contributed by atoms with E-state index in [1.165, 1.54) is 19.2 Å². The van der Waals surface area contributed by atoms with Crippen LogP contribution in [0.2, 0.25) is 0 Å². The van der Waals surface area contributed by atoms with Gasteiger partial charge in [-0.15, -0.1) is 0 Å².